The van der Waals surface area contributed by atoms with Gasteiger partial charge in [0.2, 0.25) is 5.69 Å². The quantitative estimate of drug-likeness (QED) is 0.211. The first-order valence-electron chi connectivity index (χ1n) is 13.4. The monoisotopic (exact) mass is 520 g/mol. The third-order valence-corrected chi connectivity index (χ3v) is 7.74. The van der Waals surface area contributed by atoms with E-state index in [0.29, 0.717) is 11.1 Å². The number of rotatable bonds is 4. The van der Waals surface area contributed by atoms with Gasteiger partial charge in [-0.05, 0) is 58.5 Å². The lowest BCUT2D eigenvalue weighted by atomic mass is 9.96. The fourth-order valence-corrected chi connectivity index (χ4v) is 5.68. The highest BCUT2D eigenvalue weighted by Crippen LogP contribution is 2.42. The van der Waals surface area contributed by atoms with Gasteiger partial charge in [-0.15, -0.1) is 0 Å². The van der Waals surface area contributed by atoms with Crippen molar-refractivity contribution in [3.63, 3.8) is 0 Å². The van der Waals surface area contributed by atoms with Crippen LogP contribution in [0.4, 0.5) is 4.39 Å². The van der Waals surface area contributed by atoms with Crippen LogP contribution < -0.4 is 4.57 Å². The normalized spacial score (nSPS) is 11.4. The lowest BCUT2D eigenvalue weighted by Crippen LogP contribution is -2.30. The van der Waals surface area contributed by atoms with E-state index >= 15 is 4.39 Å². The van der Waals surface area contributed by atoms with Crippen molar-refractivity contribution in [3.05, 3.63) is 139 Å². The van der Waals surface area contributed by atoms with Crippen molar-refractivity contribution in [2.75, 3.05) is 0 Å². The molecule has 2 aromatic heterocycles. The molecule has 0 aliphatic carbocycles. The first-order chi connectivity index (χ1) is 19.6. The lowest BCUT2D eigenvalue weighted by molar-refractivity contribution is -0.660. The maximum Gasteiger partial charge on any atom is 0.216 e. The molecule has 192 valence electrons. The molecule has 0 bridgehead atoms. The van der Waals surface area contributed by atoms with E-state index in [-0.39, 0.29) is 5.82 Å². The summed E-state index contributed by atoms with van der Waals surface area (Å²) in [5.74, 6) is -0.299. The summed E-state index contributed by atoms with van der Waals surface area (Å²) in [6, 6.07) is 40.5. The molecule has 0 N–H and O–H groups in total. The summed E-state index contributed by atoms with van der Waals surface area (Å²) in [7, 11) is 2.05. The maximum atomic E-state index is 15.6. The molecule has 0 fully saturated rings. The molecule has 7 rings (SSSR count). The number of hydrogen-bond donors (Lipinski definition) is 0. The second-order valence-corrected chi connectivity index (χ2v) is 10.3. The number of halogens is 1. The zero-order chi connectivity index (χ0) is 27.2. The van der Waals surface area contributed by atoms with Crippen molar-refractivity contribution in [2.24, 2.45) is 7.05 Å². The number of aryl methyl sites for hydroxylation is 2. The molecule has 0 unspecified atom stereocenters. The van der Waals surface area contributed by atoms with Gasteiger partial charge in [-0.2, -0.15) is 0 Å². The number of hydrogen-bond acceptors (Lipinski definition) is 1. The summed E-state index contributed by atoms with van der Waals surface area (Å²) in [5, 5.41) is 1.88. The largest absolute Gasteiger partial charge is 0.454 e. The smallest absolute Gasteiger partial charge is 0.216 e. The standard InChI is InChI=1S/C37H27FNO/c1-24-16-17-30-31-18-19-32(38)35(29-15-9-14-27(22-29)25-10-5-3-6-11-25)37(31)40-36(30)34(24)33-23-28(20-21-39(33)2)26-12-7-4-8-13-26/h3-23H,1-2H3/q+1. The van der Waals surface area contributed by atoms with Gasteiger partial charge in [0, 0.05) is 22.9 Å². The van der Waals surface area contributed by atoms with Crippen LogP contribution in [0.5, 0.6) is 0 Å². The maximum absolute atomic E-state index is 15.6. The Morgan fingerprint density at radius 2 is 1.12 bits per heavy atom. The Morgan fingerprint density at radius 1 is 0.550 bits per heavy atom. The SMILES string of the molecule is Cc1ccc2c(oc3c(-c4cccc(-c5ccccc5)c4)c(F)ccc32)c1-c1cc(-c2ccccc2)cc[n+]1C. The van der Waals surface area contributed by atoms with Crippen molar-refractivity contribution in [2.45, 2.75) is 6.92 Å². The summed E-state index contributed by atoms with van der Waals surface area (Å²) in [5.41, 5.74) is 10.2. The number of benzene rings is 5. The topological polar surface area (TPSA) is 17.0 Å². The van der Waals surface area contributed by atoms with Crippen molar-refractivity contribution < 1.29 is 13.4 Å². The number of pyridine rings is 1. The Bertz CT molecular complexity index is 2020. The Morgan fingerprint density at radius 3 is 1.82 bits per heavy atom. The summed E-state index contributed by atoms with van der Waals surface area (Å²) >= 11 is 0. The second kappa shape index (κ2) is 9.62. The number of fused-ring (bicyclic) bond motifs is 3. The Labute approximate surface area is 232 Å². The second-order valence-electron chi connectivity index (χ2n) is 10.3. The third kappa shape index (κ3) is 3.99. The fourth-order valence-electron chi connectivity index (χ4n) is 5.68. The summed E-state index contributed by atoms with van der Waals surface area (Å²) < 4.78 is 24.4. The minimum absolute atomic E-state index is 0.299. The molecule has 0 aliphatic rings. The van der Waals surface area contributed by atoms with E-state index in [1.807, 2.05) is 55.6 Å². The minimum atomic E-state index is -0.299. The van der Waals surface area contributed by atoms with E-state index in [1.54, 1.807) is 6.07 Å². The predicted octanol–water partition coefficient (Wildman–Crippen LogP) is 9.53. The van der Waals surface area contributed by atoms with Crippen molar-refractivity contribution in [1.82, 2.24) is 0 Å². The molecule has 7 aromatic rings. The van der Waals surface area contributed by atoms with Crippen LogP contribution in [0, 0.1) is 12.7 Å². The predicted molar refractivity (Wildman–Crippen MR) is 161 cm³/mol. The van der Waals surface area contributed by atoms with Gasteiger partial charge in [-0.25, -0.2) is 8.96 Å². The van der Waals surface area contributed by atoms with E-state index in [0.717, 1.165) is 61.0 Å². The first kappa shape index (κ1) is 24.1. The summed E-state index contributed by atoms with van der Waals surface area (Å²) in [4.78, 5) is 0. The van der Waals surface area contributed by atoms with E-state index in [1.165, 1.54) is 0 Å². The lowest BCUT2D eigenvalue weighted by Gasteiger charge is -2.08. The average Bonchev–Trinajstić information content (AvgIpc) is 3.37. The summed E-state index contributed by atoms with van der Waals surface area (Å²) in [6.07, 6.45) is 2.08. The van der Waals surface area contributed by atoms with Gasteiger partial charge in [0.1, 0.15) is 24.0 Å². The molecule has 3 heteroatoms. The molecule has 0 saturated heterocycles. The van der Waals surface area contributed by atoms with Gasteiger partial charge >= 0.3 is 0 Å². The van der Waals surface area contributed by atoms with Crippen molar-refractivity contribution in [1.29, 1.82) is 0 Å². The molecule has 0 radical (unpaired) electrons. The molecular formula is C37H27FNO+. The number of nitrogens with zero attached hydrogens (tertiary/aromatic N) is 1. The number of aromatic nitrogens is 1. The zero-order valence-electron chi connectivity index (χ0n) is 22.4. The third-order valence-electron chi connectivity index (χ3n) is 7.74. The Hall–Kier alpha value is -5.02. The van der Waals surface area contributed by atoms with Crippen molar-refractivity contribution >= 4 is 21.9 Å². The van der Waals surface area contributed by atoms with Crippen molar-refractivity contribution in [3.8, 4) is 44.6 Å². The van der Waals surface area contributed by atoms with Crippen LogP contribution in [-0.2, 0) is 7.05 Å². The molecule has 2 nitrogen and oxygen atoms in total. The van der Waals surface area contributed by atoms with Gasteiger partial charge in [-0.1, -0.05) is 91.0 Å². The van der Waals surface area contributed by atoms with E-state index in [9.17, 15) is 0 Å². The Kier molecular flexibility index (Phi) is 5.78. The highest BCUT2D eigenvalue weighted by molar-refractivity contribution is 6.13. The average molecular weight is 521 g/mol. The summed E-state index contributed by atoms with van der Waals surface area (Å²) in [6.45, 7) is 2.10. The van der Waals surface area contributed by atoms with Gasteiger partial charge in [0.15, 0.2) is 6.20 Å². The van der Waals surface area contributed by atoms with Gasteiger partial charge in [0.05, 0.1) is 11.1 Å². The molecule has 0 amide bonds. The van der Waals surface area contributed by atoms with Crippen LogP contribution in [0.2, 0.25) is 0 Å². The molecule has 5 aromatic carbocycles. The molecular weight excluding hydrogens is 493 g/mol. The minimum Gasteiger partial charge on any atom is -0.454 e. The van der Waals surface area contributed by atoms with Crippen LogP contribution in [0.15, 0.2) is 132 Å². The number of furan rings is 1. The van der Waals surface area contributed by atoms with Gasteiger partial charge in [0.25, 0.3) is 0 Å². The highest BCUT2D eigenvalue weighted by atomic mass is 19.1. The molecule has 0 aliphatic heterocycles. The van der Waals surface area contributed by atoms with Crippen LogP contribution in [-0.4, -0.2) is 0 Å². The zero-order valence-corrected chi connectivity index (χ0v) is 22.4. The first-order valence-corrected chi connectivity index (χ1v) is 13.4. The van der Waals surface area contributed by atoms with Gasteiger partial charge < -0.3 is 4.42 Å². The van der Waals surface area contributed by atoms with E-state index < -0.39 is 0 Å². The van der Waals surface area contributed by atoms with Crippen LogP contribution in [0.25, 0.3) is 66.6 Å². The molecule has 40 heavy (non-hydrogen) atoms. The molecule has 0 atom stereocenters. The molecule has 2 heterocycles. The van der Waals surface area contributed by atoms with Crippen LogP contribution >= 0.6 is 0 Å². The highest BCUT2D eigenvalue weighted by Gasteiger charge is 2.24. The molecule has 0 spiro atoms. The van der Waals surface area contributed by atoms with Crippen LogP contribution in [0.1, 0.15) is 5.56 Å². The fraction of sp³-hybridized carbons (Fsp3) is 0.0541. The van der Waals surface area contributed by atoms with E-state index in [2.05, 4.69) is 84.4 Å². The Balaban J connectivity index is 1.47. The van der Waals surface area contributed by atoms with Gasteiger partial charge in [-0.3, -0.25) is 0 Å². The van der Waals surface area contributed by atoms with E-state index in [4.69, 9.17) is 4.42 Å². The van der Waals surface area contributed by atoms with Crippen LogP contribution in [0.3, 0.4) is 0 Å². The molecule has 0 saturated carbocycles.